The Bertz CT molecular complexity index is 1970. The number of fused-ring (bicyclic) bond motifs is 2. The van der Waals surface area contributed by atoms with Crippen LogP contribution in [0.3, 0.4) is 0 Å². The molecule has 0 atom stereocenters. The third-order valence-electron chi connectivity index (χ3n) is 8.94. The van der Waals surface area contributed by atoms with E-state index in [1.54, 1.807) is 0 Å². The van der Waals surface area contributed by atoms with Gasteiger partial charge in [0.2, 0.25) is 0 Å². The van der Waals surface area contributed by atoms with Gasteiger partial charge in [0.05, 0.1) is 11.3 Å². The number of aromatic nitrogens is 2. The molecule has 6 aromatic rings. The molecule has 0 amide bonds. The molecule has 6 rings (SSSR count). The van der Waals surface area contributed by atoms with E-state index in [1.165, 1.54) is 49.3 Å². The topological polar surface area (TPSA) is 63.1 Å². The molecule has 2 aromatic heterocycles. The molecule has 0 bridgehead atoms. The van der Waals surface area contributed by atoms with Gasteiger partial charge in [0.1, 0.15) is 0 Å². The minimum absolute atomic E-state index is 0. The Balaban J connectivity index is 0.000000249. The average molecular weight is 776 g/mol. The second-order valence-electron chi connectivity index (χ2n) is 12.0. The van der Waals surface area contributed by atoms with Gasteiger partial charge in [0.15, 0.2) is 5.78 Å². The zero-order valence-electron chi connectivity index (χ0n) is 27.4. The van der Waals surface area contributed by atoms with E-state index in [2.05, 4.69) is 81.4 Å². The number of pyridine rings is 2. The average Bonchev–Trinajstić information content (AvgIpc) is 3.00. The molecule has 45 heavy (non-hydrogen) atoms. The summed E-state index contributed by atoms with van der Waals surface area (Å²) in [6, 6.07) is 23.0. The van der Waals surface area contributed by atoms with E-state index in [9.17, 15) is 9.90 Å². The third-order valence-corrected chi connectivity index (χ3v) is 8.94. The molecule has 4 aromatic carbocycles. The summed E-state index contributed by atoms with van der Waals surface area (Å²) in [5.41, 5.74) is 6.50. The summed E-state index contributed by atoms with van der Waals surface area (Å²) in [5.74, 6) is 0.547. The number of aliphatic hydroxyl groups is 1. The number of allylic oxidation sites excluding steroid dienone is 2. The SMILES string of the molecule is CCC(CC)C(=O)/C=C(\O)C(CC)CC.Cc1[c-]c(-c2ncc3c4cc(C)nc5cccc(c6cccc2c63)c54)cc(C)c1.[Ir]. The molecule has 0 saturated carbocycles. The quantitative estimate of drug-likeness (QED) is 0.0550. The molecule has 0 spiro atoms. The molecule has 0 unspecified atom stereocenters. The van der Waals surface area contributed by atoms with Crippen molar-refractivity contribution in [2.75, 3.05) is 0 Å². The molecule has 1 N–H and O–H groups in total. The summed E-state index contributed by atoms with van der Waals surface area (Å²) in [4.78, 5) is 21.4. The summed E-state index contributed by atoms with van der Waals surface area (Å²) >= 11 is 0. The molecule has 0 aliphatic heterocycles. The monoisotopic (exact) mass is 776 g/mol. The largest absolute Gasteiger partial charge is 0.512 e. The van der Waals surface area contributed by atoms with E-state index in [0.717, 1.165) is 53.7 Å². The normalized spacial score (nSPS) is 11.9. The van der Waals surface area contributed by atoms with E-state index in [-0.39, 0.29) is 43.5 Å². The Morgan fingerprint density at radius 2 is 1.42 bits per heavy atom. The van der Waals surface area contributed by atoms with Gasteiger partial charge in [-0.1, -0.05) is 71.9 Å². The predicted molar refractivity (Wildman–Crippen MR) is 186 cm³/mol. The van der Waals surface area contributed by atoms with Crippen LogP contribution in [0, 0.1) is 38.7 Å². The molecule has 0 aliphatic carbocycles. The first-order chi connectivity index (χ1) is 21.2. The van der Waals surface area contributed by atoms with Gasteiger partial charge in [-0.3, -0.25) is 9.78 Å². The molecule has 4 nitrogen and oxygen atoms in total. The van der Waals surface area contributed by atoms with Gasteiger partial charge in [-0.25, -0.2) is 0 Å². The number of rotatable bonds is 8. The van der Waals surface area contributed by atoms with Crippen LogP contribution in [0.4, 0.5) is 0 Å². The Labute approximate surface area is 280 Å². The fourth-order valence-electron chi connectivity index (χ4n) is 6.61. The fourth-order valence-corrected chi connectivity index (χ4v) is 6.61. The van der Waals surface area contributed by atoms with Gasteiger partial charge in [0, 0.05) is 60.7 Å². The predicted octanol–water partition coefficient (Wildman–Crippen LogP) is 10.8. The summed E-state index contributed by atoms with van der Waals surface area (Å²) in [6.07, 6.45) is 6.94. The van der Waals surface area contributed by atoms with E-state index < -0.39 is 0 Å². The van der Waals surface area contributed by atoms with Crippen LogP contribution < -0.4 is 0 Å². The maximum absolute atomic E-state index is 11.7. The number of benzene rings is 4. The van der Waals surface area contributed by atoms with Crippen LogP contribution in [-0.2, 0) is 24.9 Å². The molecular formula is C40H43IrN2O2-. The van der Waals surface area contributed by atoms with Crippen LogP contribution in [0.5, 0.6) is 0 Å². The van der Waals surface area contributed by atoms with E-state index >= 15 is 0 Å². The van der Waals surface area contributed by atoms with Crippen molar-refractivity contribution in [3.8, 4) is 11.3 Å². The smallest absolute Gasteiger partial charge is 0.162 e. The summed E-state index contributed by atoms with van der Waals surface area (Å²) in [6.45, 7) is 14.4. The molecule has 5 heteroatoms. The van der Waals surface area contributed by atoms with Gasteiger partial charge < -0.3 is 10.1 Å². The van der Waals surface area contributed by atoms with Crippen LogP contribution in [0.2, 0.25) is 0 Å². The van der Waals surface area contributed by atoms with Crippen LogP contribution in [0.25, 0.3) is 54.5 Å². The number of hydrogen-bond acceptors (Lipinski definition) is 4. The second-order valence-corrected chi connectivity index (χ2v) is 12.0. The first-order valence-electron chi connectivity index (χ1n) is 16.0. The molecule has 0 aliphatic rings. The summed E-state index contributed by atoms with van der Waals surface area (Å²) in [5, 5.41) is 18.4. The third kappa shape index (κ3) is 6.81. The number of hydrogen-bond donors (Lipinski definition) is 1. The molecule has 2 heterocycles. The van der Waals surface area contributed by atoms with Crippen LogP contribution >= 0.6 is 0 Å². The Morgan fingerprint density at radius 1 is 0.800 bits per heavy atom. The standard InChI is InChI=1S/C27H19N2.C13H24O2.Ir/c1-15-10-16(2)12-18(11-15)27-21-8-4-6-19-20-7-5-9-24-26(20)22(13-17(3)29-24)23(14-28-27)25(19)21;1-5-10(6-2)12(14)9-13(15)11(7-3)8-4;/h4-11,13-14H,1-3H3;9-11,14H,5-8H2,1-4H3;/q-1;;/b;12-9-;. The van der Waals surface area contributed by atoms with Crippen molar-refractivity contribution < 1.29 is 30.0 Å². The van der Waals surface area contributed by atoms with Crippen molar-refractivity contribution in [3.63, 3.8) is 0 Å². The van der Waals surface area contributed by atoms with Crippen LogP contribution in [0.1, 0.15) is 70.2 Å². The molecular weight excluding hydrogens is 733 g/mol. The maximum Gasteiger partial charge on any atom is 0.162 e. The zero-order chi connectivity index (χ0) is 31.5. The minimum Gasteiger partial charge on any atom is -0.512 e. The molecule has 235 valence electrons. The Hall–Kier alpha value is -3.66. The second kappa shape index (κ2) is 14.6. The number of aryl methyl sites for hydroxylation is 3. The summed E-state index contributed by atoms with van der Waals surface area (Å²) in [7, 11) is 0. The van der Waals surface area contributed by atoms with Gasteiger partial charge in [-0.05, 0) is 77.4 Å². The van der Waals surface area contributed by atoms with Crippen molar-refractivity contribution in [3.05, 3.63) is 95.5 Å². The Kier molecular flexibility index (Phi) is 11.1. The maximum atomic E-state index is 11.7. The number of carbonyl (C=O) groups excluding carboxylic acids is 1. The minimum atomic E-state index is 0. The first kappa shape index (κ1) is 34.2. The molecule has 0 fully saturated rings. The summed E-state index contributed by atoms with van der Waals surface area (Å²) < 4.78 is 0. The molecule has 1 radical (unpaired) electrons. The van der Waals surface area contributed by atoms with Crippen molar-refractivity contribution in [1.29, 1.82) is 0 Å². The van der Waals surface area contributed by atoms with E-state index in [0.29, 0.717) is 0 Å². The van der Waals surface area contributed by atoms with E-state index in [1.807, 2.05) is 33.9 Å². The number of nitrogens with zero attached hydrogens (tertiary/aromatic N) is 2. The molecule has 0 saturated heterocycles. The number of aliphatic hydroxyl groups excluding tert-OH is 1. The van der Waals surface area contributed by atoms with Gasteiger partial charge in [-0.2, -0.15) is 0 Å². The van der Waals surface area contributed by atoms with Gasteiger partial charge in [0.25, 0.3) is 0 Å². The zero-order valence-corrected chi connectivity index (χ0v) is 29.8. The fraction of sp³-hybridized carbons (Fsp3) is 0.325. The Morgan fingerprint density at radius 3 is 2.07 bits per heavy atom. The van der Waals surface area contributed by atoms with Crippen molar-refractivity contribution in [1.82, 2.24) is 9.97 Å². The van der Waals surface area contributed by atoms with Crippen molar-refractivity contribution in [2.24, 2.45) is 11.8 Å². The van der Waals surface area contributed by atoms with Crippen molar-refractivity contribution in [2.45, 2.75) is 74.1 Å². The van der Waals surface area contributed by atoms with Gasteiger partial charge >= 0.3 is 0 Å². The van der Waals surface area contributed by atoms with Crippen LogP contribution in [0.15, 0.2) is 72.6 Å². The first-order valence-corrected chi connectivity index (χ1v) is 16.0. The van der Waals surface area contributed by atoms with E-state index in [4.69, 9.17) is 9.97 Å². The van der Waals surface area contributed by atoms with Crippen molar-refractivity contribution >= 4 is 49.0 Å². The number of ketones is 1. The van der Waals surface area contributed by atoms with Gasteiger partial charge in [-0.15, -0.1) is 34.9 Å². The number of carbonyl (C=O) groups is 1. The van der Waals surface area contributed by atoms with Crippen LogP contribution in [-0.4, -0.2) is 20.9 Å².